The number of carbonyl (C=O) groups is 1. The van der Waals surface area contributed by atoms with Crippen LogP contribution in [0.4, 0.5) is 0 Å². The minimum Gasteiger partial charge on any atom is -0.481 e. The summed E-state index contributed by atoms with van der Waals surface area (Å²) >= 11 is 0. The minimum absolute atomic E-state index is 0.239. The van der Waals surface area contributed by atoms with Gasteiger partial charge in [0.25, 0.3) is 0 Å². The molecule has 1 aliphatic carbocycles. The van der Waals surface area contributed by atoms with Crippen molar-refractivity contribution in [3.63, 3.8) is 0 Å². The van der Waals surface area contributed by atoms with Crippen LogP contribution in [0.15, 0.2) is 23.8 Å². The molecule has 0 radical (unpaired) electrons. The largest absolute Gasteiger partial charge is 0.481 e. The van der Waals surface area contributed by atoms with Gasteiger partial charge in [0.1, 0.15) is 0 Å². The van der Waals surface area contributed by atoms with Crippen LogP contribution in [-0.4, -0.2) is 33.5 Å². The lowest BCUT2D eigenvalue weighted by atomic mass is 9.88. The maximum Gasteiger partial charge on any atom is 0.303 e. The van der Waals surface area contributed by atoms with E-state index in [1.54, 1.807) is 0 Å². The number of rotatable bonds is 12. The van der Waals surface area contributed by atoms with Crippen molar-refractivity contribution in [3.8, 4) is 0 Å². The van der Waals surface area contributed by atoms with Crippen LogP contribution in [-0.2, 0) is 4.79 Å². The third kappa shape index (κ3) is 9.81. The molecule has 0 spiro atoms. The molecule has 144 valence electrons. The summed E-state index contributed by atoms with van der Waals surface area (Å²) in [6.07, 6.45) is 13.9. The van der Waals surface area contributed by atoms with Crippen LogP contribution in [0.3, 0.4) is 0 Å². The first-order chi connectivity index (χ1) is 11.9. The number of unbranched alkanes of at least 4 members (excludes halogenated alkanes) is 3. The van der Waals surface area contributed by atoms with E-state index < -0.39 is 12.1 Å². The van der Waals surface area contributed by atoms with E-state index in [1.807, 2.05) is 6.08 Å². The Morgan fingerprint density at radius 2 is 1.88 bits per heavy atom. The molecule has 1 fully saturated rings. The van der Waals surface area contributed by atoms with Gasteiger partial charge in [-0.3, -0.25) is 4.79 Å². The SMILES string of the molecule is CC(C)=CCCC(O)C=C[C@H]1CC[C@H](O)[C@@H]1CCCCCCC(=O)O. The second-order valence-electron chi connectivity index (χ2n) is 7.63. The predicted molar refractivity (Wildman–Crippen MR) is 101 cm³/mol. The van der Waals surface area contributed by atoms with Crippen LogP contribution < -0.4 is 0 Å². The van der Waals surface area contributed by atoms with Gasteiger partial charge in [-0.25, -0.2) is 0 Å². The summed E-state index contributed by atoms with van der Waals surface area (Å²) in [5.74, 6) is -0.0904. The molecule has 1 unspecified atom stereocenters. The fourth-order valence-electron chi connectivity index (χ4n) is 3.64. The second kappa shape index (κ2) is 12.3. The van der Waals surface area contributed by atoms with E-state index in [1.165, 1.54) is 5.57 Å². The number of aliphatic hydroxyl groups is 2. The summed E-state index contributed by atoms with van der Waals surface area (Å²) in [7, 11) is 0. The molecular formula is C21H36O4. The molecule has 0 aromatic rings. The van der Waals surface area contributed by atoms with Crippen molar-refractivity contribution in [2.75, 3.05) is 0 Å². The molecule has 1 saturated carbocycles. The van der Waals surface area contributed by atoms with Crippen LogP contribution in [0.5, 0.6) is 0 Å². The molecule has 4 nitrogen and oxygen atoms in total. The Morgan fingerprint density at radius 1 is 1.16 bits per heavy atom. The summed E-state index contributed by atoms with van der Waals surface area (Å²) < 4.78 is 0. The van der Waals surface area contributed by atoms with Crippen LogP contribution >= 0.6 is 0 Å². The molecule has 0 saturated heterocycles. The van der Waals surface area contributed by atoms with Crippen LogP contribution in [0.2, 0.25) is 0 Å². The van der Waals surface area contributed by atoms with E-state index in [2.05, 4.69) is 26.0 Å². The number of hydrogen-bond acceptors (Lipinski definition) is 3. The molecule has 1 aliphatic rings. The monoisotopic (exact) mass is 352 g/mol. The lowest BCUT2D eigenvalue weighted by Crippen LogP contribution is -2.18. The van der Waals surface area contributed by atoms with Gasteiger partial charge >= 0.3 is 5.97 Å². The van der Waals surface area contributed by atoms with Gasteiger partial charge in [0.05, 0.1) is 12.2 Å². The second-order valence-corrected chi connectivity index (χ2v) is 7.63. The molecule has 3 N–H and O–H groups in total. The summed E-state index contributed by atoms with van der Waals surface area (Å²) in [6.45, 7) is 4.13. The third-order valence-electron chi connectivity index (χ3n) is 5.11. The van der Waals surface area contributed by atoms with Crippen molar-refractivity contribution < 1.29 is 20.1 Å². The fourth-order valence-corrected chi connectivity index (χ4v) is 3.64. The van der Waals surface area contributed by atoms with Gasteiger partial charge in [-0.05, 0) is 64.2 Å². The Balaban J connectivity index is 2.31. The Kier molecular flexibility index (Phi) is 10.7. The van der Waals surface area contributed by atoms with Gasteiger partial charge < -0.3 is 15.3 Å². The van der Waals surface area contributed by atoms with Crippen LogP contribution in [0.1, 0.15) is 78.1 Å². The summed E-state index contributed by atoms with van der Waals surface area (Å²) in [5.41, 5.74) is 1.28. The molecule has 0 aromatic heterocycles. The summed E-state index contributed by atoms with van der Waals surface area (Å²) in [6, 6.07) is 0. The first-order valence-corrected chi connectivity index (χ1v) is 9.79. The molecule has 25 heavy (non-hydrogen) atoms. The van der Waals surface area contributed by atoms with Crippen LogP contribution in [0.25, 0.3) is 0 Å². The maximum absolute atomic E-state index is 10.5. The number of aliphatic hydroxyl groups excluding tert-OH is 2. The van der Waals surface area contributed by atoms with Crippen LogP contribution in [0, 0.1) is 11.8 Å². The minimum atomic E-state index is -0.723. The van der Waals surface area contributed by atoms with Crippen molar-refractivity contribution in [1.82, 2.24) is 0 Å². The number of hydrogen-bond donors (Lipinski definition) is 3. The highest BCUT2D eigenvalue weighted by atomic mass is 16.4. The van der Waals surface area contributed by atoms with E-state index in [0.717, 1.165) is 57.8 Å². The molecule has 0 bridgehead atoms. The highest BCUT2D eigenvalue weighted by molar-refractivity contribution is 5.66. The molecule has 0 amide bonds. The first-order valence-electron chi connectivity index (χ1n) is 9.79. The lowest BCUT2D eigenvalue weighted by Gasteiger charge is -2.20. The number of carboxylic acid groups (broad SMARTS) is 1. The molecule has 4 atom stereocenters. The smallest absolute Gasteiger partial charge is 0.303 e. The Hall–Kier alpha value is -1.13. The Labute approximate surface area is 152 Å². The normalized spacial score (nSPS) is 24.6. The maximum atomic E-state index is 10.5. The molecule has 4 heteroatoms. The van der Waals surface area contributed by atoms with Gasteiger partial charge in [-0.1, -0.05) is 43.1 Å². The fraction of sp³-hybridized carbons (Fsp3) is 0.762. The van der Waals surface area contributed by atoms with E-state index in [4.69, 9.17) is 5.11 Å². The molecule has 1 rings (SSSR count). The van der Waals surface area contributed by atoms with Crippen molar-refractivity contribution in [2.24, 2.45) is 11.8 Å². The number of carboxylic acids is 1. The highest BCUT2D eigenvalue weighted by Gasteiger charge is 2.32. The first kappa shape index (κ1) is 21.9. The standard InChI is InChI=1S/C21H36O4/c1-16(2)8-7-9-18(22)14-12-17-13-15-20(23)19(17)10-5-3-4-6-11-21(24)25/h8,12,14,17-20,22-23H,3-7,9-11,13,15H2,1-2H3,(H,24,25)/t17-,18?,19+,20-/m0/s1. The zero-order chi connectivity index (χ0) is 18.7. The van der Waals surface area contributed by atoms with Gasteiger partial charge in [0.15, 0.2) is 0 Å². The zero-order valence-electron chi connectivity index (χ0n) is 15.9. The van der Waals surface area contributed by atoms with E-state index in [0.29, 0.717) is 5.92 Å². The predicted octanol–water partition coefficient (Wildman–Crippen LogP) is 4.46. The van der Waals surface area contributed by atoms with E-state index in [9.17, 15) is 15.0 Å². The topological polar surface area (TPSA) is 77.8 Å². The van der Waals surface area contributed by atoms with Crippen molar-refractivity contribution in [1.29, 1.82) is 0 Å². The Bertz CT molecular complexity index is 437. The zero-order valence-corrected chi connectivity index (χ0v) is 15.9. The van der Waals surface area contributed by atoms with Gasteiger partial charge in [-0.2, -0.15) is 0 Å². The van der Waals surface area contributed by atoms with Gasteiger partial charge in [0, 0.05) is 6.42 Å². The van der Waals surface area contributed by atoms with E-state index in [-0.39, 0.29) is 18.4 Å². The Morgan fingerprint density at radius 3 is 2.56 bits per heavy atom. The summed E-state index contributed by atoms with van der Waals surface area (Å²) in [4.78, 5) is 10.5. The van der Waals surface area contributed by atoms with E-state index >= 15 is 0 Å². The highest BCUT2D eigenvalue weighted by Crippen LogP contribution is 2.36. The number of aliphatic carboxylic acids is 1. The average Bonchev–Trinajstić information content (AvgIpc) is 2.88. The van der Waals surface area contributed by atoms with Crippen molar-refractivity contribution >= 4 is 5.97 Å². The molecule has 0 aromatic carbocycles. The van der Waals surface area contributed by atoms with Gasteiger partial charge in [0.2, 0.25) is 0 Å². The van der Waals surface area contributed by atoms with Crippen molar-refractivity contribution in [2.45, 2.75) is 90.3 Å². The lowest BCUT2D eigenvalue weighted by molar-refractivity contribution is -0.137. The third-order valence-corrected chi connectivity index (χ3v) is 5.11. The number of allylic oxidation sites excluding steroid dienone is 3. The molecule has 0 heterocycles. The summed E-state index contributed by atoms with van der Waals surface area (Å²) in [5, 5.41) is 28.9. The average molecular weight is 353 g/mol. The quantitative estimate of drug-likeness (QED) is 0.358. The van der Waals surface area contributed by atoms with Crippen molar-refractivity contribution in [3.05, 3.63) is 23.8 Å². The molecule has 0 aliphatic heterocycles. The molecular weight excluding hydrogens is 316 g/mol. The van der Waals surface area contributed by atoms with Gasteiger partial charge in [-0.15, -0.1) is 0 Å².